The molecular weight excluding hydrogens is 312 g/mol. The predicted octanol–water partition coefficient (Wildman–Crippen LogP) is 2.35. The molecule has 8 heteroatoms. The van der Waals surface area contributed by atoms with Gasteiger partial charge in [0.25, 0.3) is 0 Å². The number of anilines is 2. The van der Waals surface area contributed by atoms with Gasteiger partial charge in [-0.1, -0.05) is 25.2 Å². The van der Waals surface area contributed by atoms with Gasteiger partial charge in [-0.2, -0.15) is 0 Å². The Bertz CT molecular complexity index is 687. The third-order valence-corrected chi connectivity index (χ3v) is 4.47. The largest absolute Gasteiger partial charge is 0.342 e. The monoisotopic (exact) mass is 332 g/mol. The molecule has 1 saturated heterocycles. The average molecular weight is 332 g/mol. The second kappa shape index (κ2) is 6.57. The summed E-state index contributed by atoms with van der Waals surface area (Å²) in [5, 5.41) is 11.6. The highest BCUT2D eigenvalue weighted by Gasteiger charge is 2.29. The third-order valence-electron chi connectivity index (χ3n) is 3.86. The van der Waals surface area contributed by atoms with Gasteiger partial charge in [0.15, 0.2) is 0 Å². The Morgan fingerprint density at radius 3 is 2.96 bits per heavy atom. The summed E-state index contributed by atoms with van der Waals surface area (Å²) in [5.41, 5.74) is 2.65. The third kappa shape index (κ3) is 3.64. The molecule has 7 nitrogen and oxygen atoms in total. The Morgan fingerprint density at radius 1 is 1.43 bits per heavy atom. The number of hydrogen-bond donors (Lipinski definition) is 1. The van der Waals surface area contributed by atoms with Crippen LogP contribution in [0.25, 0.3) is 0 Å². The van der Waals surface area contributed by atoms with Gasteiger partial charge in [-0.3, -0.25) is 4.79 Å². The molecule has 0 spiro atoms. The van der Waals surface area contributed by atoms with Gasteiger partial charge in [0.1, 0.15) is 17.2 Å². The summed E-state index contributed by atoms with van der Waals surface area (Å²) in [5.74, 6) is 1.94. The van der Waals surface area contributed by atoms with Gasteiger partial charge in [-0.15, -0.1) is 10.2 Å². The van der Waals surface area contributed by atoms with Gasteiger partial charge in [-0.25, -0.2) is 9.97 Å². The van der Waals surface area contributed by atoms with Crippen LogP contribution in [0.3, 0.4) is 0 Å². The topological polar surface area (TPSA) is 83.9 Å². The standard InChI is InChI=1S/C15H20N6OS/c1-9(2)14(22)21-5-4-11(7-21)12-6-13(18-10(3)17-12)19-15-20-16-8-23-15/h6,8-9,11H,4-5,7H2,1-3H3,(H,17,18,19,20)/t11-/m1/s1. The van der Waals surface area contributed by atoms with Gasteiger partial charge in [0.05, 0.1) is 5.69 Å². The molecule has 1 amide bonds. The normalized spacial score (nSPS) is 17.7. The van der Waals surface area contributed by atoms with Gasteiger partial charge in [-0.05, 0) is 13.3 Å². The highest BCUT2D eigenvalue weighted by atomic mass is 32.1. The summed E-state index contributed by atoms with van der Waals surface area (Å²) in [4.78, 5) is 23.0. The summed E-state index contributed by atoms with van der Waals surface area (Å²) in [6, 6.07) is 1.95. The predicted molar refractivity (Wildman–Crippen MR) is 88.7 cm³/mol. The van der Waals surface area contributed by atoms with E-state index in [9.17, 15) is 4.79 Å². The number of aryl methyl sites for hydroxylation is 1. The molecule has 3 rings (SSSR count). The van der Waals surface area contributed by atoms with Gasteiger partial charge in [0.2, 0.25) is 11.0 Å². The first-order chi connectivity index (χ1) is 11.0. The molecule has 0 radical (unpaired) electrons. The minimum absolute atomic E-state index is 0.0375. The number of nitrogens with one attached hydrogen (secondary N) is 1. The van der Waals surface area contributed by atoms with Crippen molar-refractivity contribution in [2.75, 3.05) is 18.4 Å². The molecule has 1 N–H and O–H groups in total. The molecule has 122 valence electrons. The van der Waals surface area contributed by atoms with Crippen LogP contribution in [0.2, 0.25) is 0 Å². The minimum atomic E-state index is 0.0375. The first-order valence-electron chi connectivity index (χ1n) is 7.70. The summed E-state index contributed by atoms with van der Waals surface area (Å²) >= 11 is 1.42. The fourth-order valence-electron chi connectivity index (χ4n) is 2.77. The molecular formula is C15H20N6OS. The van der Waals surface area contributed by atoms with E-state index in [1.807, 2.05) is 31.7 Å². The lowest BCUT2D eigenvalue weighted by atomic mass is 10.0. The van der Waals surface area contributed by atoms with E-state index >= 15 is 0 Å². The number of aromatic nitrogens is 4. The highest BCUT2D eigenvalue weighted by Crippen LogP contribution is 2.28. The molecule has 1 aliphatic rings. The van der Waals surface area contributed by atoms with E-state index in [0.717, 1.165) is 31.0 Å². The molecule has 1 aliphatic heterocycles. The number of amides is 1. The van der Waals surface area contributed by atoms with Crippen molar-refractivity contribution in [3.8, 4) is 0 Å². The number of nitrogens with zero attached hydrogens (tertiary/aromatic N) is 5. The summed E-state index contributed by atoms with van der Waals surface area (Å²) in [6.07, 6.45) is 0.938. The zero-order chi connectivity index (χ0) is 16.4. The molecule has 0 unspecified atom stereocenters. The van der Waals surface area contributed by atoms with Crippen LogP contribution >= 0.6 is 11.3 Å². The fourth-order valence-corrected chi connectivity index (χ4v) is 3.22. The zero-order valence-electron chi connectivity index (χ0n) is 13.5. The van der Waals surface area contributed by atoms with Gasteiger partial charge >= 0.3 is 0 Å². The molecule has 0 bridgehead atoms. The van der Waals surface area contributed by atoms with Crippen molar-refractivity contribution in [1.29, 1.82) is 0 Å². The van der Waals surface area contributed by atoms with Crippen molar-refractivity contribution in [1.82, 2.24) is 25.1 Å². The first-order valence-corrected chi connectivity index (χ1v) is 8.58. The zero-order valence-corrected chi connectivity index (χ0v) is 14.3. The number of carbonyl (C=O) groups excluding carboxylic acids is 1. The summed E-state index contributed by atoms with van der Waals surface area (Å²) in [7, 11) is 0. The minimum Gasteiger partial charge on any atom is -0.342 e. The van der Waals surface area contributed by atoms with E-state index in [4.69, 9.17) is 0 Å². The number of carbonyl (C=O) groups is 1. The van der Waals surface area contributed by atoms with Crippen LogP contribution in [-0.2, 0) is 4.79 Å². The van der Waals surface area contributed by atoms with Gasteiger partial charge < -0.3 is 10.2 Å². The van der Waals surface area contributed by atoms with E-state index in [2.05, 4.69) is 25.5 Å². The van der Waals surface area contributed by atoms with E-state index in [1.165, 1.54) is 11.3 Å². The van der Waals surface area contributed by atoms with Crippen molar-refractivity contribution in [3.05, 3.63) is 23.1 Å². The number of likely N-dealkylation sites (tertiary alicyclic amines) is 1. The van der Waals surface area contributed by atoms with Crippen LogP contribution in [0.4, 0.5) is 10.9 Å². The van der Waals surface area contributed by atoms with Crippen molar-refractivity contribution in [3.63, 3.8) is 0 Å². The maximum absolute atomic E-state index is 12.1. The Labute approximate surface area is 139 Å². The summed E-state index contributed by atoms with van der Waals surface area (Å²) < 4.78 is 0. The highest BCUT2D eigenvalue weighted by molar-refractivity contribution is 7.13. The lowest BCUT2D eigenvalue weighted by Gasteiger charge is -2.18. The Kier molecular flexibility index (Phi) is 4.51. The van der Waals surface area contributed by atoms with Crippen LogP contribution in [-0.4, -0.2) is 44.1 Å². The van der Waals surface area contributed by atoms with E-state index < -0.39 is 0 Å². The fraction of sp³-hybridized carbons (Fsp3) is 0.533. The molecule has 2 aromatic rings. The molecule has 0 saturated carbocycles. The maximum atomic E-state index is 12.1. The van der Waals surface area contributed by atoms with Crippen molar-refractivity contribution >= 4 is 28.2 Å². The average Bonchev–Trinajstić information content (AvgIpc) is 3.16. The molecule has 2 aromatic heterocycles. The first kappa shape index (κ1) is 15.8. The van der Waals surface area contributed by atoms with E-state index in [-0.39, 0.29) is 17.7 Å². The molecule has 1 fully saturated rings. The van der Waals surface area contributed by atoms with Crippen LogP contribution in [0.1, 0.15) is 37.7 Å². The number of rotatable bonds is 4. The molecule has 0 aliphatic carbocycles. The lowest BCUT2D eigenvalue weighted by molar-refractivity contribution is -0.133. The van der Waals surface area contributed by atoms with Crippen LogP contribution < -0.4 is 5.32 Å². The molecule has 0 aromatic carbocycles. The van der Waals surface area contributed by atoms with E-state index in [1.54, 1.807) is 5.51 Å². The smallest absolute Gasteiger partial charge is 0.225 e. The van der Waals surface area contributed by atoms with Crippen LogP contribution in [0, 0.1) is 12.8 Å². The van der Waals surface area contributed by atoms with Crippen LogP contribution in [0.15, 0.2) is 11.6 Å². The Balaban J connectivity index is 1.75. The van der Waals surface area contributed by atoms with Gasteiger partial charge in [0, 0.05) is 31.0 Å². The molecule has 1 atom stereocenters. The summed E-state index contributed by atoms with van der Waals surface area (Å²) in [6.45, 7) is 7.28. The van der Waals surface area contributed by atoms with Crippen molar-refractivity contribution in [2.24, 2.45) is 5.92 Å². The van der Waals surface area contributed by atoms with E-state index in [0.29, 0.717) is 11.0 Å². The van der Waals surface area contributed by atoms with Crippen molar-refractivity contribution in [2.45, 2.75) is 33.1 Å². The quantitative estimate of drug-likeness (QED) is 0.925. The SMILES string of the molecule is Cc1nc(Nc2nncs2)cc([C@@H]2CCN(C(=O)C(C)C)C2)n1. The van der Waals surface area contributed by atoms with Crippen LogP contribution in [0.5, 0.6) is 0 Å². The number of hydrogen-bond acceptors (Lipinski definition) is 7. The second-order valence-electron chi connectivity index (χ2n) is 6.02. The Morgan fingerprint density at radius 2 is 2.26 bits per heavy atom. The second-order valence-corrected chi connectivity index (χ2v) is 6.85. The lowest BCUT2D eigenvalue weighted by Crippen LogP contribution is -2.32. The maximum Gasteiger partial charge on any atom is 0.225 e. The molecule has 23 heavy (non-hydrogen) atoms. The Hall–Kier alpha value is -2.09. The molecule has 3 heterocycles. The van der Waals surface area contributed by atoms with Crippen molar-refractivity contribution < 1.29 is 4.79 Å².